The first-order chi connectivity index (χ1) is 19.3. The molecule has 5 nitrogen and oxygen atoms in total. The molecule has 40 heavy (non-hydrogen) atoms. The normalized spacial score (nSPS) is 16.6. The van der Waals surface area contributed by atoms with Crippen LogP contribution in [0.4, 0.5) is 0 Å². The molecule has 0 amide bonds. The van der Waals surface area contributed by atoms with E-state index in [1.54, 1.807) is 72.8 Å². The van der Waals surface area contributed by atoms with Gasteiger partial charge in [-0.05, 0) is 24.6 Å². The van der Waals surface area contributed by atoms with E-state index >= 15 is 0 Å². The van der Waals surface area contributed by atoms with Gasteiger partial charge in [0.15, 0.2) is 11.6 Å². The fraction of sp³-hybridized carbons (Fsp3) is 0.176. The second-order valence-corrected chi connectivity index (χ2v) is 12.2. The van der Waals surface area contributed by atoms with Crippen molar-refractivity contribution in [2.45, 2.75) is 17.7 Å². The van der Waals surface area contributed by atoms with Crippen LogP contribution in [0.2, 0.25) is 0 Å². The molecule has 0 saturated carbocycles. The molecule has 1 aliphatic rings. The lowest BCUT2D eigenvalue weighted by Crippen LogP contribution is -2.36. The number of nitrogens with zero attached hydrogens (tertiary/aromatic N) is 1. The van der Waals surface area contributed by atoms with Crippen molar-refractivity contribution in [3.8, 4) is 0 Å². The summed E-state index contributed by atoms with van der Waals surface area (Å²) >= 11 is 0. The summed E-state index contributed by atoms with van der Waals surface area (Å²) in [5.41, 5.74) is 3.31. The Morgan fingerprint density at radius 3 is 1.73 bits per heavy atom. The molecule has 4 aromatic carbocycles. The van der Waals surface area contributed by atoms with E-state index in [1.807, 2.05) is 49.4 Å². The van der Waals surface area contributed by atoms with Crippen LogP contribution in [-0.2, 0) is 10.0 Å². The molecule has 0 aromatic heterocycles. The molecule has 4 aromatic rings. The van der Waals surface area contributed by atoms with E-state index in [9.17, 15) is 18.0 Å². The van der Waals surface area contributed by atoms with Crippen molar-refractivity contribution in [3.05, 3.63) is 150 Å². The molecule has 202 valence electrons. The van der Waals surface area contributed by atoms with Crippen LogP contribution in [-0.4, -0.2) is 37.4 Å². The molecular formula is C34H31NO4S. The lowest BCUT2D eigenvalue weighted by atomic mass is 9.69. The number of benzene rings is 4. The molecule has 1 saturated heterocycles. The zero-order chi connectivity index (χ0) is 28.3. The second kappa shape index (κ2) is 11.5. The SMILES string of the molecule is C=C1CN(S(=O)(=O)c2ccc(C)cc2)C[C@H]1[C@@H](c1ccccc1)C(C(=O)c1ccccc1)C(=O)c1ccccc1. The molecular weight excluding hydrogens is 518 g/mol. The molecule has 0 N–H and O–H groups in total. The van der Waals surface area contributed by atoms with Crippen LogP contribution >= 0.6 is 0 Å². The highest BCUT2D eigenvalue weighted by Crippen LogP contribution is 2.43. The largest absolute Gasteiger partial charge is 0.293 e. The predicted molar refractivity (Wildman–Crippen MR) is 157 cm³/mol. The molecule has 1 fully saturated rings. The van der Waals surface area contributed by atoms with Crippen molar-refractivity contribution in [1.82, 2.24) is 4.31 Å². The van der Waals surface area contributed by atoms with Gasteiger partial charge in [-0.1, -0.05) is 121 Å². The zero-order valence-electron chi connectivity index (χ0n) is 22.3. The number of carbonyl (C=O) groups excluding carboxylic acids is 2. The molecule has 6 heteroatoms. The van der Waals surface area contributed by atoms with Crippen molar-refractivity contribution in [2.75, 3.05) is 13.1 Å². The minimum absolute atomic E-state index is 0.120. The highest BCUT2D eigenvalue weighted by atomic mass is 32.2. The van der Waals surface area contributed by atoms with Crippen LogP contribution in [0.25, 0.3) is 0 Å². The summed E-state index contributed by atoms with van der Waals surface area (Å²) in [5, 5.41) is 0. The Kier molecular flexibility index (Phi) is 7.92. The summed E-state index contributed by atoms with van der Waals surface area (Å²) in [5.74, 6) is -2.73. The number of sulfonamides is 1. The van der Waals surface area contributed by atoms with E-state index in [0.717, 1.165) is 11.1 Å². The lowest BCUT2D eigenvalue weighted by Gasteiger charge is -2.31. The highest BCUT2D eigenvalue weighted by molar-refractivity contribution is 7.89. The summed E-state index contributed by atoms with van der Waals surface area (Å²) in [6, 6.07) is 33.8. The van der Waals surface area contributed by atoms with Gasteiger partial charge in [0.05, 0.1) is 10.8 Å². The van der Waals surface area contributed by atoms with E-state index in [2.05, 4.69) is 6.58 Å². The van der Waals surface area contributed by atoms with E-state index in [1.165, 1.54) is 4.31 Å². The zero-order valence-corrected chi connectivity index (χ0v) is 23.1. The average Bonchev–Trinajstić information content (AvgIpc) is 3.38. The highest BCUT2D eigenvalue weighted by Gasteiger charge is 2.46. The first-order valence-electron chi connectivity index (χ1n) is 13.3. The number of hydrogen-bond donors (Lipinski definition) is 0. The average molecular weight is 550 g/mol. The Bertz CT molecular complexity index is 1560. The number of carbonyl (C=O) groups is 2. The first-order valence-corrected chi connectivity index (χ1v) is 14.7. The second-order valence-electron chi connectivity index (χ2n) is 10.3. The van der Waals surface area contributed by atoms with Crippen molar-refractivity contribution in [2.24, 2.45) is 11.8 Å². The molecule has 1 heterocycles. The molecule has 0 unspecified atom stereocenters. The van der Waals surface area contributed by atoms with E-state index in [4.69, 9.17) is 0 Å². The van der Waals surface area contributed by atoms with Crippen LogP contribution < -0.4 is 0 Å². The summed E-state index contributed by atoms with van der Waals surface area (Å²) in [6.45, 7) is 6.42. The Hall–Kier alpha value is -4.13. The molecule has 0 bridgehead atoms. The number of rotatable bonds is 9. The van der Waals surface area contributed by atoms with Gasteiger partial charge < -0.3 is 0 Å². The fourth-order valence-electron chi connectivity index (χ4n) is 5.51. The molecule has 1 aliphatic heterocycles. The number of hydrogen-bond acceptors (Lipinski definition) is 4. The smallest absolute Gasteiger partial charge is 0.243 e. The molecule has 0 aliphatic carbocycles. The van der Waals surface area contributed by atoms with E-state index < -0.39 is 27.8 Å². The van der Waals surface area contributed by atoms with Gasteiger partial charge in [-0.3, -0.25) is 9.59 Å². The van der Waals surface area contributed by atoms with Crippen molar-refractivity contribution in [1.29, 1.82) is 0 Å². The van der Waals surface area contributed by atoms with E-state index in [-0.39, 0.29) is 29.6 Å². The molecule has 5 rings (SSSR count). The van der Waals surface area contributed by atoms with Crippen LogP contribution in [0.1, 0.15) is 37.8 Å². The number of aryl methyl sites for hydroxylation is 1. The van der Waals surface area contributed by atoms with Gasteiger partial charge in [0, 0.05) is 36.1 Å². The maximum Gasteiger partial charge on any atom is 0.243 e. The van der Waals surface area contributed by atoms with Gasteiger partial charge in [0.2, 0.25) is 10.0 Å². The Balaban J connectivity index is 1.60. The predicted octanol–water partition coefficient (Wildman–Crippen LogP) is 6.34. The van der Waals surface area contributed by atoms with Crippen molar-refractivity contribution >= 4 is 21.6 Å². The van der Waals surface area contributed by atoms with Gasteiger partial charge in [-0.15, -0.1) is 0 Å². The number of Topliss-reactive ketones (excluding diaryl/α,β-unsaturated/α-hetero) is 2. The topological polar surface area (TPSA) is 71.5 Å². The minimum atomic E-state index is -3.80. The number of ketones is 2. The van der Waals surface area contributed by atoms with Crippen LogP contribution in [0.15, 0.2) is 132 Å². The summed E-state index contributed by atoms with van der Waals surface area (Å²) < 4.78 is 28.7. The monoisotopic (exact) mass is 549 g/mol. The third-order valence-electron chi connectivity index (χ3n) is 7.62. The first kappa shape index (κ1) is 27.4. The quantitative estimate of drug-likeness (QED) is 0.139. The molecule has 2 atom stereocenters. The molecule has 0 spiro atoms. The fourth-order valence-corrected chi connectivity index (χ4v) is 6.98. The Labute approximate surface area is 235 Å². The van der Waals surface area contributed by atoms with Crippen molar-refractivity contribution in [3.63, 3.8) is 0 Å². The van der Waals surface area contributed by atoms with Gasteiger partial charge in [-0.25, -0.2) is 8.42 Å². The van der Waals surface area contributed by atoms with Crippen molar-refractivity contribution < 1.29 is 18.0 Å². The standard InChI is InChI=1S/C34H31NO4S/c1-24-18-20-29(21-19-24)40(38,39)35-22-25(2)30(23-35)31(26-12-6-3-7-13-26)32(33(36)27-14-8-4-9-15-27)34(37)28-16-10-5-11-17-28/h3-21,30-32H,2,22-23H2,1H3/t30-,31-/m1/s1. The third-order valence-corrected chi connectivity index (χ3v) is 9.45. The van der Waals surface area contributed by atoms with E-state index in [0.29, 0.717) is 16.7 Å². The van der Waals surface area contributed by atoms with Gasteiger partial charge in [-0.2, -0.15) is 4.31 Å². The third kappa shape index (κ3) is 5.46. The lowest BCUT2D eigenvalue weighted by molar-refractivity contribution is 0.0766. The summed E-state index contributed by atoms with van der Waals surface area (Å²) in [4.78, 5) is 28.6. The Morgan fingerprint density at radius 1 is 0.750 bits per heavy atom. The molecule has 0 radical (unpaired) electrons. The van der Waals surface area contributed by atoms with Crippen LogP contribution in [0, 0.1) is 18.8 Å². The van der Waals surface area contributed by atoms with Gasteiger partial charge >= 0.3 is 0 Å². The maximum absolute atomic E-state index is 14.2. The summed E-state index contributed by atoms with van der Waals surface area (Å²) in [7, 11) is -3.80. The van der Waals surface area contributed by atoms with Gasteiger partial charge in [0.1, 0.15) is 0 Å². The summed E-state index contributed by atoms with van der Waals surface area (Å²) in [6.07, 6.45) is 0. The maximum atomic E-state index is 14.2. The van der Waals surface area contributed by atoms with Crippen LogP contribution in [0.3, 0.4) is 0 Å². The Morgan fingerprint density at radius 2 is 1.23 bits per heavy atom. The van der Waals surface area contributed by atoms with Crippen LogP contribution in [0.5, 0.6) is 0 Å². The van der Waals surface area contributed by atoms with Gasteiger partial charge in [0.25, 0.3) is 0 Å². The minimum Gasteiger partial charge on any atom is -0.293 e.